The van der Waals surface area contributed by atoms with Crippen molar-refractivity contribution in [3.8, 4) is 0 Å². The van der Waals surface area contributed by atoms with Crippen molar-refractivity contribution >= 4 is 19.8 Å². The second-order valence-corrected chi connectivity index (χ2v) is 2.56. The van der Waals surface area contributed by atoms with Crippen molar-refractivity contribution < 1.29 is 4.79 Å². The van der Waals surface area contributed by atoms with Crippen LogP contribution in [-0.2, 0) is 4.79 Å². The van der Waals surface area contributed by atoms with E-state index >= 15 is 0 Å². The third-order valence-corrected chi connectivity index (χ3v) is 1.76. The molecule has 0 aliphatic carbocycles. The van der Waals surface area contributed by atoms with Gasteiger partial charge in [-0.1, -0.05) is 6.08 Å². The van der Waals surface area contributed by atoms with Crippen molar-refractivity contribution in [2.45, 2.75) is 0 Å². The van der Waals surface area contributed by atoms with Crippen molar-refractivity contribution in [3.63, 3.8) is 0 Å². The number of rotatable bonds is 0. The van der Waals surface area contributed by atoms with Gasteiger partial charge in [0.05, 0.1) is 17.8 Å². The Labute approximate surface area is 71.2 Å². The molecule has 0 atom stereocenters. The molecule has 0 aromatic heterocycles. The summed E-state index contributed by atoms with van der Waals surface area (Å²) in [5.41, 5.74) is 1.26. The average molecular weight is 156 g/mol. The molecule has 0 bridgehead atoms. The first-order chi connectivity index (χ1) is 5.79. The highest BCUT2D eigenvalue weighted by atomic mass is 16.2. The first kappa shape index (κ1) is 7.13. The van der Waals surface area contributed by atoms with Crippen LogP contribution in [0, 0.1) is 0 Å². The third kappa shape index (κ3) is 0.935. The molecule has 0 aromatic carbocycles. The fourth-order valence-corrected chi connectivity index (χ4v) is 1.16. The fraction of sp³-hybridized carbons (Fsp3) is 0.125. The zero-order valence-electron chi connectivity index (χ0n) is 6.32. The third-order valence-electron chi connectivity index (χ3n) is 1.76. The summed E-state index contributed by atoms with van der Waals surface area (Å²) < 4.78 is 0. The molecule has 2 radical (unpaired) electrons. The van der Waals surface area contributed by atoms with Crippen LogP contribution in [0.3, 0.4) is 0 Å². The van der Waals surface area contributed by atoms with Gasteiger partial charge < -0.3 is 4.81 Å². The van der Waals surface area contributed by atoms with E-state index in [2.05, 4.69) is 10.9 Å². The van der Waals surface area contributed by atoms with Crippen molar-refractivity contribution in [1.29, 1.82) is 0 Å². The number of carbonyl (C=O) groups is 1. The summed E-state index contributed by atoms with van der Waals surface area (Å²) in [4.78, 5) is 16.4. The minimum Gasteiger partial charge on any atom is -0.387 e. The predicted molar refractivity (Wildman–Crippen MR) is 45.6 cm³/mol. The van der Waals surface area contributed by atoms with Gasteiger partial charge in [0.15, 0.2) is 0 Å². The Morgan fingerprint density at radius 2 is 2.50 bits per heavy atom. The van der Waals surface area contributed by atoms with Crippen LogP contribution in [0.25, 0.3) is 0 Å². The fourth-order valence-electron chi connectivity index (χ4n) is 1.16. The summed E-state index contributed by atoms with van der Waals surface area (Å²) in [6, 6.07) is 0. The van der Waals surface area contributed by atoms with Gasteiger partial charge in [0.1, 0.15) is 0 Å². The Morgan fingerprint density at radius 3 is 3.33 bits per heavy atom. The lowest BCUT2D eigenvalue weighted by molar-refractivity contribution is -0.121. The van der Waals surface area contributed by atoms with E-state index in [0.29, 0.717) is 17.8 Å². The van der Waals surface area contributed by atoms with Crippen LogP contribution in [0.15, 0.2) is 34.5 Å². The van der Waals surface area contributed by atoms with Crippen molar-refractivity contribution in [1.82, 2.24) is 4.81 Å². The molecule has 3 nitrogen and oxygen atoms in total. The van der Waals surface area contributed by atoms with Gasteiger partial charge >= 0.3 is 0 Å². The molecule has 0 N–H and O–H groups in total. The first-order valence-corrected chi connectivity index (χ1v) is 3.55. The quantitative estimate of drug-likeness (QED) is 0.453. The number of carbonyl (C=O) groups excluding carboxylic acids is 1. The van der Waals surface area contributed by atoms with E-state index in [0.717, 1.165) is 4.81 Å². The Morgan fingerprint density at radius 1 is 1.67 bits per heavy atom. The molecule has 2 rings (SSSR count). The summed E-state index contributed by atoms with van der Waals surface area (Å²) in [5, 5.41) is 0. The SMILES string of the molecule is [B]N1CC2=C(C=CC=C=N2)C1=O. The van der Waals surface area contributed by atoms with Gasteiger partial charge in [-0.05, 0) is 18.0 Å². The van der Waals surface area contributed by atoms with Crippen LogP contribution < -0.4 is 0 Å². The maximum atomic E-state index is 11.3. The smallest absolute Gasteiger partial charge is 0.243 e. The molecule has 0 fully saturated rings. The van der Waals surface area contributed by atoms with Gasteiger partial charge in [-0.15, -0.1) is 0 Å². The van der Waals surface area contributed by atoms with E-state index in [1.165, 1.54) is 0 Å². The number of aliphatic imine (C=N–C) groups is 1. The number of nitrogens with zero attached hydrogens (tertiary/aromatic N) is 2. The molecule has 2 heterocycles. The van der Waals surface area contributed by atoms with Crippen LogP contribution in [0.4, 0.5) is 0 Å². The maximum Gasteiger partial charge on any atom is 0.243 e. The monoisotopic (exact) mass is 156 g/mol. The molecule has 56 valence electrons. The zero-order valence-corrected chi connectivity index (χ0v) is 6.32. The Bertz CT molecular complexity index is 361. The lowest BCUT2D eigenvalue weighted by atomic mass is 10.2. The van der Waals surface area contributed by atoms with Gasteiger partial charge in [0, 0.05) is 0 Å². The Hall–Kier alpha value is -1.54. The molecule has 2 aliphatic heterocycles. The van der Waals surface area contributed by atoms with Crippen molar-refractivity contribution in [3.05, 3.63) is 29.5 Å². The molecule has 0 unspecified atom stereocenters. The number of allylic oxidation sites excluding steroid dienone is 2. The second kappa shape index (κ2) is 2.50. The summed E-state index contributed by atoms with van der Waals surface area (Å²) in [6.07, 6.45) is 5.09. The molecule has 12 heavy (non-hydrogen) atoms. The van der Waals surface area contributed by atoms with Crippen LogP contribution in [0.5, 0.6) is 0 Å². The predicted octanol–water partition coefficient (Wildman–Crippen LogP) is -0.0381. The molecule has 0 saturated carbocycles. The molecule has 4 heteroatoms. The highest BCUT2D eigenvalue weighted by molar-refractivity contribution is 6.20. The van der Waals surface area contributed by atoms with Crippen LogP contribution in [0.2, 0.25) is 0 Å². The molecule has 2 aliphatic rings. The average Bonchev–Trinajstić information content (AvgIpc) is 2.30. The summed E-state index contributed by atoms with van der Waals surface area (Å²) in [5.74, 6) is 2.50. The van der Waals surface area contributed by atoms with E-state index in [4.69, 9.17) is 7.98 Å². The van der Waals surface area contributed by atoms with Crippen molar-refractivity contribution in [2.75, 3.05) is 6.54 Å². The molecular weight excluding hydrogens is 151 g/mol. The topological polar surface area (TPSA) is 32.7 Å². The lowest BCUT2D eigenvalue weighted by Crippen LogP contribution is -2.23. The van der Waals surface area contributed by atoms with E-state index in [-0.39, 0.29) is 5.91 Å². The van der Waals surface area contributed by atoms with Gasteiger partial charge in [-0.3, -0.25) is 4.79 Å². The second-order valence-electron chi connectivity index (χ2n) is 2.56. The molecule has 0 spiro atoms. The Kier molecular flexibility index (Phi) is 1.49. The zero-order chi connectivity index (χ0) is 8.55. The minimum absolute atomic E-state index is 0.179. The van der Waals surface area contributed by atoms with Crippen LogP contribution >= 0.6 is 0 Å². The van der Waals surface area contributed by atoms with Gasteiger partial charge in [-0.2, -0.15) is 0 Å². The van der Waals surface area contributed by atoms with E-state index in [9.17, 15) is 4.79 Å². The number of amides is 1. The van der Waals surface area contributed by atoms with E-state index in [1.54, 1.807) is 18.2 Å². The number of hydrogen-bond donors (Lipinski definition) is 0. The molecule has 1 amide bonds. The standard InChI is InChI=1S/C8H5BN2O/c9-11-5-7-6(8(11)12)3-1-2-4-10-7/h1-3H,5H2. The summed E-state index contributed by atoms with van der Waals surface area (Å²) >= 11 is 0. The minimum atomic E-state index is -0.179. The van der Waals surface area contributed by atoms with Crippen LogP contribution in [-0.4, -0.2) is 31.1 Å². The van der Waals surface area contributed by atoms with Crippen LogP contribution in [0.1, 0.15) is 0 Å². The normalized spacial score (nSPS) is 20.3. The molecule has 0 aromatic rings. The van der Waals surface area contributed by atoms with Gasteiger partial charge in [-0.25, -0.2) is 4.99 Å². The largest absolute Gasteiger partial charge is 0.387 e. The van der Waals surface area contributed by atoms with Gasteiger partial charge in [0.25, 0.3) is 0 Å². The van der Waals surface area contributed by atoms with E-state index in [1.807, 2.05) is 0 Å². The summed E-state index contributed by atoms with van der Waals surface area (Å²) in [7, 11) is 5.40. The Balaban J connectivity index is 2.48. The molecule has 0 saturated heterocycles. The van der Waals surface area contributed by atoms with Gasteiger partial charge in [0.2, 0.25) is 13.9 Å². The maximum absolute atomic E-state index is 11.3. The summed E-state index contributed by atoms with van der Waals surface area (Å²) in [6.45, 7) is 0.374. The first-order valence-electron chi connectivity index (χ1n) is 3.55. The molecular formula is C8H5BN2O. The van der Waals surface area contributed by atoms with Crippen molar-refractivity contribution in [2.24, 2.45) is 4.99 Å². The van der Waals surface area contributed by atoms with E-state index < -0.39 is 0 Å². The highest BCUT2D eigenvalue weighted by Gasteiger charge is 2.24. The highest BCUT2D eigenvalue weighted by Crippen LogP contribution is 2.19. The lowest BCUT2D eigenvalue weighted by Gasteiger charge is -2.06. The number of hydrogen-bond acceptors (Lipinski definition) is 2.